The molecule has 0 bridgehead atoms. The van der Waals surface area contributed by atoms with Crippen molar-refractivity contribution < 1.29 is 0 Å². The van der Waals surface area contributed by atoms with Crippen LogP contribution >= 0.6 is 24.0 Å². The molecule has 2 rings (SSSR count). The smallest absolute Gasteiger partial charge is 0.191 e. The maximum atomic E-state index is 4.74. The van der Waals surface area contributed by atoms with Gasteiger partial charge in [0.15, 0.2) is 11.8 Å². The first-order valence-corrected chi connectivity index (χ1v) is 9.38. The summed E-state index contributed by atoms with van der Waals surface area (Å²) in [5.41, 5.74) is 0.380. The Morgan fingerprint density at radius 1 is 1.32 bits per heavy atom. The molecule has 0 amide bonds. The van der Waals surface area contributed by atoms with E-state index in [9.17, 15) is 0 Å². The molecule has 0 aromatic carbocycles. The molecule has 0 fully saturated rings. The Bertz CT molecular complexity index is 546. The molecule has 6 nitrogen and oxygen atoms in total. The number of hydrogen-bond acceptors (Lipinski definition) is 3. The number of rotatable bonds is 6. The van der Waals surface area contributed by atoms with Gasteiger partial charge in [-0.3, -0.25) is 4.99 Å². The van der Waals surface area contributed by atoms with E-state index < -0.39 is 0 Å². The highest BCUT2D eigenvalue weighted by Crippen LogP contribution is 2.20. The van der Waals surface area contributed by atoms with E-state index in [2.05, 4.69) is 60.0 Å². The third-order valence-electron chi connectivity index (χ3n) is 4.26. The molecule has 1 aliphatic heterocycles. The van der Waals surface area contributed by atoms with Gasteiger partial charge in [0.1, 0.15) is 5.82 Å². The van der Waals surface area contributed by atoms with Gasteiger partial charge in [0.2, 0.25) is 0 Å². The molecule has 2 heterocycles. The lowest BCUT2D eigenvalue weighted by Gasteiger charge is -2.25. The largest absolute Gasteiger partial charge is 0.357 e. The van der Waals surface area contributed by atoms with Crippen LogP contribution in [0.3, 0.4) is 0 Å². The zero-order chi connectivity index (χ0) is 17.6. The van der Waals surface area contributed by atoms with Crippen molar-refractivity contribution in [2.24, 2.45) is 10.4 Å². The first-order chi connectivity index (χ1) is 11.4. The van der Waals surface area contributed by atoms with Crippen molar-refractivity contribution in [1.29, 1.82) is 0 Å². The van der Waals surface area contributed by atoms with Crippen LogP contribution in [0.4, 0.5) is 0 Å². The van der Waals surface area contributed by atoms with Crippen molar-refractivity contribution in [3.8, 4) is 0 Å². The predicted octanol–water partition coefficient (Wildman–Crippen LogP) is 3.15. The molecule has 1 aromatic rings. The summed E-state index contributed by atoms with van der Waals surface area (Å²) in [4.78, 5) is 9.32. The number of aromatic nitrogens is 3. The van der Waals surface area contributed by atoms with Gasteiger partial charge < -0.3 is 10.6 Å². The normalized spacial score (nSPS) is 17.6. The quantitative estimate of drug-likeness (QED) is 0.295. The van der Waals surface area contributed by atoms with Crippen LogP contribution in [0.15, 0.2) is 4.99 Å². The monoisotopic (exact) mass is 462 g/mol. The lowest BCUT2D eigenvalue weighted by molar-refractivity contribution is 0.367. The van der Waals surface area contributed by atoms with Crippen molar-refractivity contribution >= 4 is 29.9 Å². The van der Waals surface area contributed by atoms with Crippen molar-refractivity contribution in [3.63, 3.8) is 0 Å². The van der Waals surface area contributed by atoms with Gasteiger partial charge in [-0.1, -0.05) is 27.7 Å². The molecule has 2 N–H and O–H groups in total. The average Bonchev–Trinajstić information content (AvgIpc) is 2.93. The van der Waals surface area contributed by atoms with Gasteiger partial charge in [-0.15, -0.1) is 24.0 Å². The fourth-order valence-corrected chi connectivity index (χ4v) is 2.94. The number of guanidine groups is 1. The van der Waals surface area contributed by atoms with Crippen LogP contribution in [0.5, 0.6) is 0 Å². The van der Waals surface area contributed by atoms with E-state index in [1.54, 1.807) is 0 Å². The Hall–Kier alpha value is -0.860. The fourth-order valence-electron chi connectivity index (χ4n) is 2.94. The first-order valence-electron chi connectivity index (χ1n) is 9.38. The van der Waals surface area contributed by atoms with Gasteiger partial charge in [0, 0.05) is 32.0 Å². The maximum absolute atomic E-state index is 4.74. The van der Waals surface area contributed by atoms with Crippen molar-refractivity contribution in [1.82, 2.24) is 25.4 Å². The van der Waals surface area contributed by atoms with E-state index in [-0.39, 0.29) is 24.0 Å². The summed E-state index contributed by atoms with van der Waals surface area (Å²) in [6.45, 7) is 13.7. The SMILES string of the molecule is CCNC(=NCCCC(C)(C)C)NC1CCc2nc(CC)nn2C1.I. The van der Waals surface area contributed by atoms with Gasteiger partial charge in [0.25, 0.3) is 0 Å². The van der Waals surface area contributed by atoms with E-state index in [1.165, 1.54) is 6.42 Å². The molecule has 25 heavy (non-hydrogen) atoms. The maximum Gasteiger partial charge on any atom is 0.191 e. The van der Waals surface area contributed by atoms with Crippen LogP contribution in [0.25, 0.3) is 0 Å². The summed E-state index contributed by atoms with van der Waals surface area (Å²) < 4.78 is 2.06. The third kappa shape index (κ3) is 7.50. The third-order valence-corrected chi connectivity index (χ3v) is 4.26. The van der Waals surface area contributed by atoms with E-state index in [4.69, 9.17) is 4.99 Å². The molecular weight excluding hydrogens is 427 g/mol. The van der Waals surface area contributed by atoms with Gasteiger partial charge >= 0.3 is 0 Å². The summed E-state index contributed by atoms with van der Waals surface area (Å²) in [5, 5.41) is 11.5. The second-order valence-corrected chi connectivity index (χ2v) is 7.78. The Morgan fingerprint density at radius 2 is 2.08 bits per heavy atom. The molecule has 0 radical (unpaired) electrons. The topological polar surface area (TPSA) is 67.1 Å². The average molecular weight is 462 g/mol. The Balaban J connectivity index is 0.00000312. The zero-order valence-electron chi connectivity index (χ0n) is 16.4. The van der Waals surface area contributed by atoms with Gasteiger partial charge in [-0.25, -0.2) is 9.67 Å². The minimum Gasteiger partial charge on any atom is -0.357 e. The van der Waals surface area contributed by atoms with Gasteiger partial charge in [-0.05, 0) is 31.6 Å². The van der Waals surface area contributed by atoms with Crippen LogP contribution in [0.1, 0.15) is 65.5 Å². The number of nitrogens with zero attached hydrogens (tertiary/aromatic N) is 4. The standard InChI is InChI=1S/C18H34N6.HI/c1-6-15-22-16-10-9-14(13-24(16)23-15)21-17(19-7-2)20-12-8-11-18(3,4)5;/h14H,6-13H2,1-5H3,(H2,19,20,21);1H. The van der Waals surface area contributed by atoms with Gasteiger partial charge in [0.05, 0.1) is 6.54 Å². The van der Waals surface area contributed by atoms with Crippen LogP contribution in [0.2, 0.25) is 0 Å². The van der Waals surface area contributed by atoms with E-state index >= 15 is 0 Å². The Morgan fingerprint density at radius 3 is 2.72 bits per heavy atom. The highest BCUT2D eigenvalue weighted by Gasteiger charge is 2.22. The second kappa shape index (κ2) is 10.3. The number of fused-ring (bicyclic) bond motifs is 1. The molecule has 1 atom stereocenters. The number of hydrogen-bond donors (Lipinski definition) is 2. The van der Waals surface area contributed by atoms with E-state index in [0.29, 0.717) is 11.5 Å². The second-order valence-electron chi connectivity index (χ2n) is 7.78. The summed E-state index contributed by atoms with van der Waals surface area (Å²) in [7, 11) is 0. The number of aryl methyl sites for hydroxylation is 2. The van der Waals surface area contributed by atoms with E-state index in [0.717, 1.165) is 62.9 Å². The van der Waals surface area contributed by atoms with E-state index in [1.807, 2.05) is 0 Å². The van der Waals surface area contributed by atoms with Crippen LogP contribution < -0.4 is 10.6 Å². The minimum atomic E-state index is 0. The molecule has 7 heteroatoms. The molecule has 1 unspecified atom stereocenters. The summed E-state index contributed by atoms with van der Waals surface area (Å²) in [5.74, 6) is 3.00. The van der Waals surface area contributed by atoms with Crippen molar-refractivity contribution in [2.45, 2.75) is 79.3 Å². The molecule has 1 aromatic heterocycles. The fraction of sp³-hybridized carbons (Fsp3) is 0.833. The Labute approximate surface area is 169 Å². The lowest BCUT2D eigenvalue weighted by Crippen LogP contribution is -2.47. The highest BCUT2D eigenvalue weighted by molar-refractivity contribution is 14.0. The minimum absolute atomic E-state index is 0. The molecule has 0 saturated carbocycles. The first kappa shape index (κ1) is 22.2. The summed E-state index contributed by atoms with van der Waals surface area (Å²) >= 11 is 0. The molecule has 0 aliphatic carbocycles. The number of aliphatic imine (C=N–C) groups is 1. The molecule has 0 saturated heterocycles. The molecular formula is C18H35IN6. The lowest BCUT2D eigenvalue weighted by atomic mass is 9.91. The summed E-state index contributed by atoms with van der Waals surface area (Å²) in [6, 6.07) is 0.365. The molecule has 144 valence electrons. The zero-order valence-corrected chi connectivity index (χ0v) is 18.8. The van der Waals surface area contributed by atoms with Crippen molar-refractivity contribution in [2.75, 3.05) is 13.1 Å². The van der Waals surface area contributed by atoms with Gasteiger partial charge in [-0.2, -0.15) is 5.10 Å². The van der Waals surface area contributed by atoms with Crippen molar-refractivity contribution in [3.05, 3.63) is 11.6 Å². The molecule has 1 aliphatic rings. The Kier molecular flexibility index (Phi) is 9.16. The highest BCUT2D eigenvalue weighted by atomic mass is 127. The number of halogens is 1. The summed E-state index contributed by atoms with van der Waals surface area (Å²) in [6.07, 6.45) is 5.28. The van der Waals surface area contributed by atoms with Crippen LogP contribution in [-0.2, 0) is 19.4 Å². The number of nitrogens with one attached hydrogen (secondary N) is 2. The van der Waals surface area contributed by atoms with Crippen LogP contribution in [-0.4, -0.2) is 39.9 Å². The molecule has 0 spiro atoms. The predicted molar refractivity (Wildman–Crippen MR) is 115 cm³/mol. The van der Waals surface area contributed by atoms with Crippen LogP contribution in [0, 0.1) is 5.41 Å².